The summed E-state index contributed by atoms with van der Waals surface area (Å²) in [6.07, 6.45) is 2.59. The zero-order valence-corrected chi connectivity index (χ0v) is 20.2. The van der Waals surface area contributed by atoms with Crippen molar-refractivity contribution in [2.24, 2.45) is 5.92 Å². The number of rotatable bonds is 10. The van der Waals surface area contributed by atoms with Gasteiger partial charge in [-0.2, -0.15) is 0 Å². The molecule has 8 heteroatoms. The summed E-state index contributed by atoms with van der Waals surface area (Å²) >= 11 is 0. The normalized spacial score (nSPS) is 16.4. The number of amides is 1. The molecular formula is C28H32N2O6. The molecule has 4 rings (SSSR count). The molecule has 1 atom stereocenters. The number of fused-ring (bicyclic) bond motifs is 3. The van der Waals surface area contributed by atoms with Crippen molar-refractivity contribution < 1.29 is 29.0 Å². The van der Waals surface area contributed by atoms with Crippen LogP contribution in [0, 0.1) is 5.92 Å². The Morgan fingerprint density at radius 3 is 2.22 bits per heavy atom. The van der Waals surface area contributed by atoms with Crippen LogP contribution in [0.15, 0.2) is 61.2 Å². The standard InChI is InChI=1S/C28H32N2O6/c1-2-15-35-26(31)17-30-13-11-19(12-14-30)16-25(27(32)33)29-28(34)36-18-24-22-9-5-3-7-20(22)21-8-4-6-10-23(21)24/h2-10,19,24-25H,1,11-18H2,(H,29,34)(H,32,33)/t25-/m1/s1. The maximum Gasteiger partial charge on any atom is 0.407 e. The molecule has 0 bridgehead atoms. The Kier molecular flexibility index (Phi) is 8.38. The highest BCUT2D eigenvalue weighted by Gasteiger charge is 2.31. The predicted octanol–water partition coefficient (Wildman–Crippen LogP) is 3.81. The molecule has 2 aromatic rings. The Morgan fingerprint density at radius 1 is 1.03 bits per heavy atom. The molecule has 0 unspecified atom stereocenters. The molecule has 0 saturated carbocycles. The number of nitrogens with one attached hydrogen (secondary N) is 1. The van der Waals surface area contributed by atoms with Gasteiger partial charge in [0, 0.05) is 5.92 Å². The van der Waals surface area contributed by atoms with Crippen molar-refractivity contribution in [3.8, 4) is 11.1 Å². The molecule has 1 amide bonds. The van der Waals surface area contributed by atoms with Crippen LogP contribution in [0.4, 0.5) is 4.79 Å². The Hall–Kier alpha value is -3.65. The van der Waals surface area contributed by atoms with Crippen LogP contribution < -0.4 is 5.32 Å². The minimum atomic E-state index is -1.08. The summed E-state index contributed by atoms with van der Waals surface area (Å²) in [5.74, 6) is -1.35. The Balaban J connectivity index is 1.27. The highest BCUT2D eigenvalue weighted by Crippen LogP contribution is 2.44. The average Bonchev–Trinajstić information content (AvgIpc) is 3.20. The first-order chi connectivity index (χ1) is 17.5. The number of ether oxygens (including phenoxy) is 2. The number of piperidine rings is 1. The van der Waals surface area contributed by atoms with Crippen molar-refractivity contribution in [3.63, 3.8) is 0 Å². The lowest BCUT2D eigenvalue weighted by Crippen LogP contribution is -2.44. The molecule has 2 aromatic carbocycles. The first-order valence-electron chi connectivity index (χ1n) is 12.3. The van der Waals surface area contributed by atoms with E-state index in [1.54, 1.807) is 0 Å². The second-order valence-electron chi connectivity index (χ2n) is 9.29. The second-order valence-corrected chi connectivity index (χ2v) is 9.29. The Labute approximate surface area is 210 Å². The molecule has 0 aromatic heterocycles. The van der Waals surface area contributed by atoms with E-state index in [0.717, 1.165) is 35.1 Å². The fraction of sp³-hybridized carbons (Fsp3) is 0.393. The summed E-state index contributed by atoms with van der Waals surface area (Å²) < 4.78 is 10.5. The van der Waals surface area contributed by atoms with E-state index in [1.165, 1.54) is 6.08 Å². The topological polar surface area (TPSA) is 105 Å². The number of benzene rings is 2. The lowest BCUT2D eigenvalue weighted by atomic mass is 9.90. The molecule has 36 heavy (non-hydrogen) atoms. The van der Waals surface area contributed by atoms with Crippen molar-refractivity contribution in [1.82, 2.24) is 10.2 Å². The van der Waals surface area contributed by atoms with E-state index in [1.807, 2.05) is 41.3 Å². The van der Waals surface area contributed by atoms with E-state index < -0.39 is 18.1 Å². The van der Waals surface area contributed by atoms with Gasteiger partial charge >= 0.3 is 18.0 Å². The number of carboxylic acids is 1. The molecule has 2 N–H and O–H groups in total. The van der Waals surface area contributed by atoms with E-state index in [2.05, 4.69) is 24.0 Å². The van der Waals surface area contributed by atoms with E-state index in [-0.39, 0.29) is 37.6 Å². The molecule has 2 aliphatic rings. The number of alkyl carbamates (subject to hydrolysis) is 1. The van der Waals surface area contributed by atoms with Crippen LogP contribution in [-0.4, -0.2) is 66.9 Å². The zero-order valence-electron chi connectivity index (χ0n) is 20.2. The van der Waals surface area contributed by atoms with Gasteiger partial charge in [0.2, 0.25) is 0 Å². The van der Waals surface area contributed by atoms with Crippen molar-refractivity contribution in [2.45, 2.75) is 31.2 Å². The van der Waals surface area contributed by atoms with Crippen LogP contribution in [0.2, 0.25) is 0 Å². The number of aliphatic carboxylic acids is 1. The van der Waals surface area contributed by atoms with Crippen LogP contribution in [0.1, 0.15) is 36.3 Å². The molecule has 0 spiro atoms. The number of hydrogen-bond acceptors (Lipinski definition) is 6. The SMILES string of the molecule is C=CCOC(=O)CN1CCC(C[C@@H](NC(=O)OCC2c3ccccc3-c3ccccc32)C(=O)O)CC1. The number of likely N-dealkylation sites (tertiary alicyclic amines) is 1. The van der Waals surface area contributed by atoms with Crippen LogP contribution in [-0.2, 0) is 19.1 Å². The third-order valence-corrected chi connectivity index (χ3v) is 6.92. The van der Waals surface area contributed by atoms with Crippen LogP contribution in [0.5, 0.6) is 0 Å². The smallest absolute Gasteiger partial charge is 0.407 e. The van der Waals surface area contributed by atoms with Crippen LogP contribution in [0.3, 0.4) is 0 Å². The van der Waals surface area contributed by atoms with Gasteiger partial charge in [-0.1, -0.05) is 61.2 Å². The number of nitrogens with zero attached hydrogens (tertiary/aromatic N) is 1. The molecular weight excluding hydrogens is 460 g/mol. The summed E-state index contributed by atoms with van der Waals surface area (Å²) in [6.45, 7) is 5.40. The van der Waals surface area contributed by atoms with Crippen molar-refractivity contribution in [3.05, 3.63) is 72.3 Å². The van der Waals surface area contributed by atoms with Crippen molar-refractivity contribution in [1.29, 1.82) is 0 Å². The minimum Gasteiger partial charge on any atom is -0.480 e. The van der Waals surface area contributed by atoms with Gasteiger partial charge in [0.05, 0.1) is 6.54 Å². The third kappa shape index (κ3) is 6.12. The predicted molar refractivity (Wildman–Crippen MR) is 135 cm³/mol. The first kappa shape index (κ1) is 25.4. The Bertz CT molecular complexity index is 1060. The quantitative estimate of drug-likeness (QED) is 0.384. The number of esters is 1. The largest absolute Gasteiger partial charge is 0.480 e. The van der Waals surface area contributed by atoms with Gasteiger partial charge in [-0.15, -0.1) is 0 Å². The monoisotopic (exact) mass is 492 g/mol. The first-order valence-corrected chi connectivity index (χ1v) is 12.3. The third-order valence-electron chi connectivity index (χ3n) is 6.92. The van der Waals surface area contributed by atoms with Gasteiger partial charge in [-0.05, 0) is 60.5 Å². The molecule has 0 radical (unpaired) electrons. The maximum atomic E-state index is 12.6. The van der Waals surface area contributed by atoms with Gasteiger partial charge in [0.15, 0.2) is 0 Å². The zero-order chi connectivity index (χ0) is 25.5. The maximum absolute atomic E-state index is 12.6. The fourth-order valence-corrected chi connectivity index (χ4v) is 5.10. The highest BCUT2D eigenvalue weighted by molar-refractivity contribution is 5.81. The molecule has 1 fully saturated rings. The number of carboxylic acid groups (broad SMARTS) is 1. The number of carbonyl (C=O) groups excluding carboxylic acids is 2. The molecule has 8 nitrogen and oxygen atoms in total. The summed E-state index contributed by atoms with van der Waals surface area (Å²) in [5.41, 5.74) is 4.46. The van der Waals surface area contributed by atoms with Crippen molar-refractivity contribution in [2.75, 3.05) is 32.8 Å². The van der Waals surface area contributed by atoms with Gasteiger partial charge in [0.1, 0.15) is 19.3 Å². The van der Waals surface area contributed by atoms with Crippen LogP contribution >= 0.6 is 0 Å². The summed E-state index contributed by atoms with van der Waals surface area (Å²) in [7, 11) is 0. The fourth-order valence-electron chi connectivity index (χ4n) is 5.10. The average molecular weight is 493 g/mol. The lowest BCUT2D eigenvalue weighted by molar-refractivity contribution is -0.144. The van der Waals surface area contributed by atoms with E-state index >= 15 is 0 Å². The van der Waals surface area contributed by atoms with Gasteiger partial charge in [-0.3, -0.25) is 9.69 Å². The minimum absolute atomic E-state index is 0.0890. The highest BCUT2D eigenvalue weighted by atomic mass is 16.5. The van der Waals surface area contributed by atoms with Gasteiger partial charge in [0.25, 0.3) is 0 Å². The number of hydrogen-bond donors (Lipinski definition) is 2. The lowest BCUT2D eigenvalue weighted by Gasteiger charge is -2.32. The number of carbonyl (C=O) groups is 3. The van der Waals surface area contributed by atoms with Gasteiger partial charge in [-0.25, -0.2) is 9.59 Å². The molecule has 1 aliphatic heterocycles. The second kappa shape index (κ2) is 11.9. The summed E-state index contributed by atoms with van der Waals surface area (Å²) in [4.78, 5) is 38.2. The van der Waals surface area contributed by atoms with E-state index in [4.69, 9.17) is 9.47 Å². The van der Waals surface area contributed by atoms with Crippen molar-refractivity contribution >= 4 is 18.0 Å². The molecule has 1 heterocycles. The van der Waals surface area contributed by atoms with Gasteiger partial charge < -0.3 is 19.9 Å². The summed E-state index contributed by atoms with van der Waals surface area (Å²) in [6, 6.07) is 15.1. The van der Waals surface area contributed by atoms with E-state index in [0.29, 0.717) is 19.5 Å². The molecule has 190 valence electrons. The van der Waals surface area contributed by atoms with E-state index in [9.17, 15) is 19.5 Å². The Morgan fingerprint density at radius 2 is 1.64 bits per heavy atom. The molecule has 1 aliphatic carbocycles. The molecule has 1 saturated heterocycles. The van der Waals surface area contributed by atoms with Crippen LogP contribution in [0.25, 0.3) is 11.1 Å². The summed E-state index contributed by atoms with van der Waals surface area (Å²) in [5, 5.41) is 12.2.